The normalized spacial score (nSPS) is 11.5. The Balaban J connectivity index is 1.45. The van der Waals surface area contributed by atoms with Crippen molar-refractivity contribution in [3.8, 4) is 23.0 Å². The second-order valence-electron chi connectivity index (χ2n) is 6.70. The molecule has 0 aromatic heterocycles. The average Bonchev–Trinajstić information content (AvgIpc) is 2.73. The van der Waals surface area contributed by atoms with Gasteiger partial charge in [-0.15, -0.1) is 0 Å². The fourth-order valence-corrected chi connectivity index (χ4v) is 3.14. The molecule has 4 rings (SSSR count). The first kappa shape index (κ1) is 17.9. The largest absolute Gasteiger partial charge is 0.449 e. The van der Waals surface area contributed by atoms with Gasteiger partial charge in [0.2, 0.25) is 0 Å². The van der Waals surface area contributed by atoms with Crippen LogP contribution in [0.25, 0.3) is 0 Å². The molecule has 5 heteroatoms. The molecule has 142 valence electrons. The smallest absolute Gasteiger partial charge is 0.407 e. The average molecular weight is 375 g/mol. The number of rotatable bonds is 4. The number of benzene rings is 3. The molecule has 3 aromatic carbocycles. The number of para-hydroxylation sites is 2. The quantitative estimate of drug-likeness (QED) is 0.502. The minimum atomic E-state index is -0.457. The van der Waals surface area contributed by atoms with Gasteiger partial charge in [0.25, 0.3) is 0 Å². The number of carbonyl (C=O) groups is 1. The molecular formula is C23H21NO4. The highest BCUT2D eigenvalue weighted by Crippen LogP contribution is 2.49. The molecule has 28 heavy (non-hydrogen) atoms. The van der Waals surface area contributed by atoms with Gasteiger partial charge in [-0.25, -0.2) is 4.79 Å². The maximum atomic E-state index is 12.0. The molecule has 0 saturated carbocycles. The van der Waals surface area contributed by atoms with Crippen LogP contribution < -0.4 is 14.8 Å². The van der Waals surface area contributed by atoms with E-state index < -0.39 is 6.09 Å². The van der Waals surface area contributed by atoms with Gasteiger partial charge in [0.05, 0.1) is 0 Å². The van der Waals surface area contributed by atoms with Crippen LogP contribution in [0.3, 0.4) is 0 Å². The van der Waals surface area contributed by atoms with Gasteiger partial charge in [0, 0.05) is 12.1 Å². The highest BCUT2D eigenvalue weighted by molar-refractivity contribution is 5.68. The summed E-state index contributed by atoms with van der Waals surface area (Å²) in [5, 5.41) is 2.81. The molecule has 0 unspecified atom stereocenters. The summed E-state index contributed by atoms with van der Waals surface area (Å²) in [5.74, 6) is 2.79. The zero-order valence-electron chi connectivity index (χ0n) is 15.8. The number of amides is 1. The lowest BCUT2D eigenvalue weighted by Crippen LogP contribution is -2.24. The number of nitrogens with one attached hydrogen (secondary N) is 1. The van der Waals surface area contributed by atoms with E-state index in [9.17, 15) is 4.79 Å². The monoisotopic (exact) mass is 375 g/mol. The summed E-state index contributed by atoms with van der Waals surface area (Å²) in [6, 6.07) is 19.2. The number of fused-ring (bicyclic) bond motifs is 2. The standard InChI is InChI=1S/C23H21NO4/c1-15-12-18(13-24-23(25)26-14-17-8-4-3-5-9-17)16(2)22-21(15)27-19-10-6-7-11-20(19)28-22/h3-12H,13-14H2,1-2H3,(H,24,25). The van der Waals surface area contributed by atoms with Crippen LogP contribution in [0.15, 0.2) is 60.7 Å². The van der Waals surface area contributed by atoms with Gasteiger partial charge in [-0.05, 0) is 42.7 Å². The van der Waals surface area contributed by atoms with Crippen LogP contribution in [0.1, 0.15) is 22.3 Å². The Hall–Kier alpha value is -3.47. The topological polar surface area (TPSA) is 56.8 Å². The first-order valence-corrected chi connectivity index (χ1v) is 9.14. The van der Waals surface area contributed by atoms with E-state index in [0.29, 0.717) is 29.5 Å². The Kier molecular flexibility index (Phi) is 4.89. The van der Waals surface area contributed by atoms with E-state index >= 15 is 0 Å². The molecule has 5 nitrogen and oxygen atoms in total. The molecule has 1 aliphatic heterocycles. The molecule has 1 amide bonds. The van der Waals surface area contributed by atoms with Crippen molar-refractivity contribution in [2.24, 2.45) is 0 Å². The molecule has 1 heterocycles. The van der Waals surface area contributed by atoms with Crippen molar-refractivity contribution in [3.05, 3.63) is 82.9 Å². The van der Waals surface area contributed by atoms with E-state index in [1.165, 1.54) is 0 Å². The van der Waals surface area contributed by atoms with E-state index in [1.807, 2.05) is 74.5 Å². The van der Waals surface area contributed by atoms with Crippen LogP contribution in [0, 0.1) is 13.8 Å². The summed E-state index contributed by atoms with van der Waals surface area (Å²) in [7, 11) is 0. The maximum Gasteiger partial charge on any atom is 0.407 e. The number of ether oxygens (including phenoxy) is 3. The molecule has 0 bridgehead atoms. The number of hydrogen-bond donors (Lipinski definition) is 1. The third-order valence-corrected chi connectivity index (χ3v) is 4.69. The van der Waals surface area contributed by atoms with Gasteiger partial charge >= 0.3 is 6.09 Å². The molecule has 1 N–H and O–H groups in total. The zero-order valence-corrected chi connectivity index (χ0v) is 15.8. The molecule has 0 fully saturated rings. The Morgan fingerprint density at radius 2 is 1.57 bits per heavy atom. The maximum absolute atomic E-state index is 12.0. The number of alkyl carbamates (subject to hydrolysis) is 1. The number of carbonyl (C=O) groups excluding carboxylic acids is 1. The lowest BCUT2D eigenvalue weighted by atomic mass is 10.0. The van der Waals surface area contributed by atoms with Crippen LogP contribution >= 0.6 is 0 Å². The molecule has 0 atom stereocenters. The highest BCUT2D eigenvalue weighted by atomic mass is 16.6. The lowest BCUT2D eigenvalue weighted by molar-refractivity contribution is 0.139. The fourth-order valence-electron chi connectivity index (χ4n) is 3.14. The Labute approximate surface area is 163 Å². The van der Waals surface area contributed by atoms with E-state index in [4.69, 9.17) is 14.2 Å². The second-order valence-corrected chi connectivity index (χ2v) is 6.70. The SMILES string of the molecule is Cc1cc(CNC(=O)OCc2ccccc2)c(C)c2c1Oc1ccccc1O2. The van der Waals surface area contributed by atoms with E-state index in [2.05, 4.69) is 5.32 Å². The summed E-state index contributed by atoms with van der Waals surface area (Å²) >= 11 is 0. The van der Waals surface area contributed by atoms with Gasteiger partial charge in [-0.2, -0.15) is 0 Å². The van der Waals surface area contributed by atoms with Gasteiger partial charge in [-0.1, -0.05) is 48.5 Å². The van der Waals surface area contributed by atoms with Crippen molar-refractivity contribution in [1.29, 1.82) is 0 Å². The van der Waals surface area contributed by atoms with Crippen molar-refractivity contribution >= 4 is 6.09 Å². The van der Waals surface area contributed by atoms with Crippen molar-refractivity contribution < 1.29 is 19.0 Å². The third kappa shape index (κ3) is 3.64. The van der Waals surface area contributed by atoms with Crippen molar-refractivity contribution in [3.63, 3.8) is 0 Å². The van der Waals surface area contributed by atoms with E-state index in [0.717, 1.165) is 22.3 Å². The molecule has 0 saturated heterocycles. The zero-order chi connectivity index (χ0) is 19.5. The summed E-state index contributed by atoms with van der Waals surface area (Å²) in [5.41, 5.74) is 3.78. The minimum Gasteiger partial charge on any atom is -0.449 e. The van der Waals surface area contributed by atoms with Crippen molar-refractivity contribution in [1.82, 2.24) is 5.32 Å². The fraction of sp³-hybridized carbons (Fsp3) is 0.174. The van der Waals surface area contributed by atoms with Crippen molar-refractivity contribution in [2.75, 3.05) is 0 Å². The summed E-state index contributed by atoms with van der Waals surface area (Å²) in [6.45, 7) is 4.51. The first-order chi connectivity index (χ1) is 13.6. The van der Waals surface area contributed by atoms with E-state index in [-0.39, 0.29) is 6.61 Å². The van der Waals surface area contributed by atoms with Gasteiger partial charge < -0.3 is 19.5 Å². The minimum absolute atomic E-state index is 0.239. The predicted molar refractivity (Wildman–Crippen MR) is 106 cm³/mol. The van der Waals surface area contributed by atoms with Crippen LogP contribution in [0.5, 0.6) is 23.0 Å². The predicted octanol–water partition coefficient (Wildman–Crippen LogP) is 5.63. The van der Waals surface area contributed by atoms with E-state index in [1.54, 1.807) is 0 Å². The summed E-state index contributed by atoms with van der Waals surface area (Å²) in [6.07, 6.45) is -0.457. The van der Waals surface area contributed by atoms with Crippen LogP contribution in [-0.4, -0.2) is 6.09 Å². The van der Waals surface area contributed by atoms with Crippen molar-refractivity contribution in [2.45, 2.75) is 27.0 Å². The highest BCUT2D eigenvalue weighted by Gasteiger charge is 2.24. The molecule has 1 aliphatic rings. The molecule has 0 radical (unpaired) electrons. The van der Waals surface area contributed by atoms with Crippen LogP contribution in [0.4, 0.5) is 4.79 Å². The molecule has 0 aliphatic carbocycles. The molecule has 3 aromatic rings. The van der Waals surface area contributed by atoms with Crippen LogP contribution in [-0.2, 0) is 17.9 Å². The Bertz CT molecular complexity index is 1010. The Morgan fingerprint density at radius 3 is 2.29 bits per heavy atom. The first-order valence-electron chi connectivity index (χ1n) is 9.14. The lowest BCUT2D eigenvalue weighted by Gasteiger charge is -2.25. The second kappa shape index (κ2) is 7.64. The molecular weight excluding hydrogens is 354 g/mol. The third-order valence-electron chi connectivity index (χ3n) is 4.69. The Morgan fingerprint density at radius 1 is 0.929 bits per heavy atom. The number of aryl methyl sites for hydroxylation is 1. The summed E-state index contributed by atoms with van der Waals surface area (Å²) < 4.78 is 17.4. The summed E-state index contributed by atoms with van der Waals surface area (Å²) in [4.78, 5) is 12.0. The van der Waals surface area contributed by atoms with Gasteiger partial charge in [-0.3, -0.25) is 0 Å². The number of hydrogen-bond acceptors (Lipinski definition) is 4. The van der Waals surface area contributed by atoms with Gasteiger partial charge in [0.1, 0.15) is 6.61 Å². The molecule has 0 spiro atoms. The van der Waals surface area contributed by atoms with Crippen LogP contribution in [0.2, 0.25) is 0 Å². The van der Waals surface area contributed by atoms with Gasteiger partial charge in [0.15, 0.2) is 23.0 Å².